The monoisotopic (exact) mass is 640 g/mol. The molecular weight excluding hydrogens is 612 g/mol. The molecule has 11 nitrogen and oxygen atoms in total. The van der Waals surface area contributed by atoms with Crippen LogP contribution in [0, 0.1) is 0 Å². The van der Waals surface area contributed by atoms with Gasteiger partial charge in [0.25, 0.3) is 0 Å². The second-order valence-corrected chi connectivity index (χ2v) is 15.4. The lowest BCUT2D eigenvalue weighted by atomic mass is 9.95. The minimum absolute atomic E-state index is 0.158. The van der Waals surface area contributed by atoms with Gasteiger partial charge in [0.1, 0.15) is 39.7 Å². The third-order valence-corrected chi connectivity index (χ3v) is 11.8. The molecule has 4 heterocycles. The van der Waals surface area contributed by atoms with E-state index in [0.29, 0.717) is 5.56 Å². The van der Waals surface area contributed by atoms with Crippen LogP contribution in [0.5, 0.6) is 0 Å². The molecule has 0 aliphatic carbocycles. The Balaban J connectivity index is 1.17. The maximum Gasteiger partial charge on any atom is 0.333 e. The number of esters is 2. The van der Waals surface area contributed by atoms with Crippen LogP contribution >= 0.6 is 39.5 Å². The van der Waals surface area contributed by atoms with E-state index in [1.54, 1.807) is 38.1 Å². The summed E-state index contributed by atoms with van der Waals surface area (Å²) in [6.07, 6.45) is 0. The summed E-state index contributed by atoms with van der Waals surface area (Å²) in [6.45, 7) is 6.68. The van der Waals surface area contributed by atoms with Crippen molar-refractivity contribution in [3.63, 3.8) is 0 Å². The van der Waals surface area contributed by atoms with Gasteiger partial charge in [-0.1, -0.05) is 46.3 Å². The molecular formula is C25H29BrN4O7S2. The molecule has 4 fully saturated rings. The van der Waals surface area contributed by atoms with Crippen molar-refractivity contribution in [2.45, 2.75) is 76.9 Å². The summed E-state index contributed by atoms with van der Waals surface area (Å²) >= 11 is 6.22. The Morgan fingerprint density at radius 3 is 2.03 bits per heavy atom. The first-order chi connectivity index (χ1) is 18.3. The molecule has 4 aliphatic heterocycles. The van der Waals surface area contributed by atoms with E-state index in [-0.39, 0.29) is 16.1 Å². The predicted molar refractivity (Wildman–Crippen MR) is 147 cm³/mol. The summed E-state index contributed by atoms with van der Waals surface area (Å²) in [5.41, 5.74) is 6.69. The summed E-state index contributed by atoms with van der Waals surface area (Å²) in [6, 6.07) is 5.32. The fourth-order valence-corrected chi connectivity index (χ4v) is 9.40. The fourth-order valence-electron chi connectivity index (χ4n) is 5.43. The highest BCUT2D eigenvalue weighted by atomic mass is 79.9. The fraction of sp³-hybridized carbons (Fsp3) is 0.560. The molecule has 1 aromatic carbocycles. The number of β-lactam (4-membered cyclic amide) rings is 2. The predicted octanol–water partition coefficient (Wildman–Crippen LogP) is 1.10. The number of thioether (sulfide) groups is 2. The van der Waals surface area contributed by atoms with Crippen LogP contribution in [0.25, 0.3) is 0 Å². The molecule has 14 heteroatoms. The molecule has 1 unspecified atom stereocenters. The number of nitrogens with two attached hydrogens (primary N) is 1. The molecule has 0 radical (unpaired) electrons. The van der Waals surface area contributed by atoms with Gasteiger partial charge in [0.2, 0.25) is 24.5 Å². The number of benzene rings is 1. The van der Waals surface area contributed by atoms with Crippen molar-refractivity contribution in [3.8, 4) is 0 Å². The minimum atomic E-state index is -0.941. The van der Waals surface area contributed by atoms with Crippen molar-refractivity contribution in [2.24, 2.45) is 5.73 Å². The van der Waals surface area contributed by atoms with Gasteiger partial charge in [0.05, 0.1) is 0 Å². The van der Waals surface area contributed by atoms with Gasteiger partial charge in [-0.05, 0) is 33.3 Å². The van der Waals surface area contributed by atoms with Crippen LogP contribution in [-0.4, -0.2) is 89.4 Å². The summed E-state index contributed by atoms with van der Waals surface area (Å²) < 4.78 is 9.24. The first-order valence-electron chi connectivity index (χ1n) is 12.3. The van der Waals surface area contributed by atoms with Gasteiger partial charge in [-0.25, -0.2) is 9.59 Å². The number of carbonyl (C=O) groups excluding carboxylic acids is 5. The van der Waals surface area contributed by atoms with Crippen LogP contribution in [0.4, 0.5) is 0 Å². The highest BCUT2D eigenvalue weighted by Gasteiger charge is 2.65. The molecule has 0 aromatic heterocycles. The second-order valence-electron chi connectivity index (χ2n) is 10.8. The van der Waals surface area contributed by atoms with E-state index in [0.717, 1.165) is 0 Å². The highest BCUT2D eigenvalue weighted by Crippen LogP contribution is 2.53. The molecule has 210 valence electrons. The Bertz CT molecular complexity index is 1230. The van der Waals surface area contributed by atoms with Crippen molar-refractivity contribution < 1.29 is 33.4 Å². The lowest BCUT2D eigenvalue weighted by Crippen LogP contribution is -2.71. The smallest absolute Gasteiger partial charge is 0.333 e. The average molecular weight is 642 g/mol. The van der Waals surface area contributed by atoms with Crippen LogP contribution in [0.15, 0.2) is 30.3 Å². The standard InChI is InChI=1S/C25H29BrN4O7S2/c1-24(2)15(29-18(32)12(26)20(29)38-24)22(34)36-10-37-23(35)16-25(3,4)39-21-14(19(33)30(16)21)28-17(31)13(27)11-8-6-5-7-9-11/h5-9,12-16,20-21H,10,27H2,1-4H3,(H,28,31)/t12-,13?,14-,15+,16+,20-,21-/m1/s1. The van der Waals surface area contributed by atoms with Gasteiger partial charge in [-0.2, -0.15) is 0 Å². The van der Waals surface area contributed by atoms with E-state index in [1.165, 1.54) is 33.3 Å². The maximum absolute atomic E-state index is 13.1. The second kappa shape index (κ2) is 9.96. The van der Waals surface area contributed by atoms with Gasteiger partial charge in [0, 0.05) is 9.49 Å². The van der Waals surface area contributed by atoms with Crippen LogP contribution in [-0.2, 0) is 33.4 Å². The van der Waals surface area contributed by atoms with Crippen molar-refractivity contribution in [1.82, 2.24) is 15.1 Å². The average Bonchev–Trinajstić information content (AvgIpc) is 3.31. The van der Waals surface area contributed by atoms with E-state index < -0.39 is 69.6 Å². The number of nitrogens with one attached hydrogen (secondary N) is 1. The van der Waals surface area contributed by atoms with Crippen LogP contribution in [0.3, 0.4) is 0 Å². The van der Waals surface area contributed by atoms with Gasteiger partial charge < -0.3 is 30.3 Å². The molecule has 4 aliphatic rings. The molecule has 3 N–H and O–H groups in total. The molecule has 4 saturated heterocycles. The van der Waals surface area contributed by atoms with Gasteiger partial charge in [0.15, 0.2) is 0 Å². The quantitative estimate of drug-likeness (QED) is 0.192. The first kappa shape index (κ1) is 28.2. The normalized spacial score (nSPS) is 32.4. The zero-order valence-corrected chi connectivity index (χ0v) is 24.9. The zero-order chi connectivity index (χ0) is 28.4. The van der Waals surface area contributed by atoms with Crippen molar-refractivity contribution in [1.29, 1.82) is 0 Å². The summed E-state index contributed by atoms with van der Waals surface area (Å²) in [5.74, 6) is -2.47. The number of carbonyl (C=O) groups is 5. The number of ether oxygens (including phenoxy) is 2. The number of nitrogens with zero attached hydrogens (tertiary/aromatic N) is 2. The Kier molecular flexibility index (Phi) is 7.22. The zero-order valence-electron chi connectivity index (χ0n) is 21.7. The number of amides is 3. The van der Waals surface area contributed by atoms with Crippen molar-refractivity contribution in [2.75, 3.05) is 6.79 Å². The van der Waals surface area contributed by atoms with Crippen LogP contribution < -0.4 is 11.1 Å². The van der Waals surface area contributed by atoms with E-state index in [1.807, 2.05) is 19.9 Å². The largest absolute Gasteiger partial charge is 0.426 e. The Morgan fingerprint density at radius 1 is 0.949 bits per heavy atom. The summed E-state index contributed by atoms with van der Waals surface area (Å²) in [7, 11) is 0. The molecule has 7 atom stereocenters. The molecule has 0 spiro atoms. The lowest BCUT2D eigenvalue weighted by molar-refractivity contribution is -0.181. The molecule has 0 bridgehead atoms. The minimum Gasteiger partial charge on any atom is -0.426 e. The Morgan fingerprint density at radius 2 is 1.46 bits per heavy atom. The van der Waals surface area contributed by atoms with Crippen molar-refractivity contribution in [3.05, 3.63) is 35.9 Å². The van der Waals surface area contributed by atoms with E-state index >= 15 is 0 Å². The number of hydrogen-bond donors (Lipinski definition) is 2. The first-order valence-corrected chi connectivity index (χ1v) is 15.0. The van der Waals surface area contributed by atoms with Gasteiger partial charge in [-0.15, -0.1) is 23.5 Å². The van der Waals surface area contributed by atoms with Gasteiger partial charge >= 0.3 is 11.9 Å². The molecule has 5 rings (SSSR count). The van der Waals surface area contributed by atoms with E-state index in [4.69, 9.17) is 15.2 Å². The van der Waals surface area contributed by atoms with Crippen LogP contribution in [0.2, 0.25) is 0 Å². The lowest BCUT2D eigenvalue weighted by Gasteiger charge is -2.44. The number of halogens is 1. The SMILES string of the molecule is CC1(C)S[C@@H]2[C@H](Br)C(=O)N2[C@H]1C(=O)OCOC(=O)[C@@H]1N2C(=O)[C@@H](NC(=O)C(N)c3ccccc3)[C@H]2SC1(C)C. The number of alkyl halides is 1. The molecule has 0 saturated carbocycles. The van der Waals surface area contributed by atoms with E-state index in [9.17, 15) is 24.0 Å². The van der Waals surface area contributed by atoms with Crippen LogP contribution in [0.1, 0.15) is 39.3 Å². The van der Waals surface area contributed by atoms with E-state index in [2.05, 4.69) is 21.2 Å². The number of fused-ring (bicyclic) bond motifs is 2. The third-order valence-electron chi connectivity index (χ3n) is 7.40. The number of rotatable bonds is 7. The maximum atomic E-state index is 13.1. The molecule has 3 amide bonds. The van der Waals surface area contributed by atoms with Crippen molar-refractivity contribution >= 4 is 69.1 Å². The Labute approximate surface area is 242 Å². The third kappa shape index (κ3) is 4.62. The summed E-state index contributed by atoms with van der Waals surface area (Å²) in [5, 5.41) is 2.09. The van der Waals surface area contributed by atoms with Gasteiger partial charge in [-0.3, -0.25) is 14.4 Å². The summed E-state index contributed by atoms with van der Waals surface area (Å²) in [4.78, 5) is 66.5. The Hall–Kier alpha value is -2.29. The number of hydrogen-bond acceptors (Lipinski definition) is 10. The highest BCUT2D eigenvalue weighted by molar-refractivity contribution is 9.10. The molecule has 1 aromatic rings. The molecule has 39 heavy (non-hydrogen) atoms. The topological polar surface area (TPSA) is 148 Å².